The molecule has 0 atom stereocenters. The summed E-state index contributed by atoms with van der Waals surface area (Å²) in [5, 5.41) is 0. The molecule has 0 rings (SSSR count). The van der Waals surface area contributed by atoms with Gasteiger partial charge >= 0.3 is 5.97 Å². The van der Waals surface area contributed by atoms with Gasteiger partial charge in [0.15, 0.2) is 4.84 Å². The van der Waals surface area contributed by atoms with Crippen molar-refractivity contribution in [3.8, 4) is 0 Å². The first kappa shape index (κ1) is 14.3. The van der Waals surface area contributed by atoms with E-state index in [1.165, 1.54) is 0 Å². The van der Waals surface area contributed by atoms with Crippen molar-refractivity contribution in [2.24, 2.45) is 0 Å². The van der Waals surface area contributed by atoms with Crippen LogP contribution in [-0.4, -0.2) is 29.8 Å². The smallest absolute Gasteiger partial charge is 0.345 e. The number of carbonyl (C=O) groups is 2. The molecule has 86 valence electrons. The van der Waals surface area contributed by atoms with Gasteiger partial charge in [0.05, 0.1) is 13.2 Å². The van der Waals surface area contributed by atoms with Gasteiger partial charge in [-0.3, -0.25) is 4.79 Å². The number of carbonyl (C=O) groups excluding carboxylic acids is 2. The molecule has 15 heavy (non-hydrogen) atoms. The van der Waals surface area contributed by atoms with Crippen LogP contribution in [-0.2, 0) is 19.1 Å². The Bertz CT molecular complexity index is 261. The fourth-order valence-electron chi connectivity index (χ4n) is 0.700. The molecule has 0 amide bonds. The van der Waals surface area contributed by atoms with Crippen molar-refractivity contribution in [1.82, 2.24) is 0 Å². The predicted molar refractivity (Wildman–Crippen MR) is 56.8 cm³/mol. The average Bonchev–Trinajstić information content (AvgIpc) is 2.18. The van der Waals surface area contributed by atoms with Crippen molar-refractivity contribution in [1.29, 1.82) is 0 Å². The van der Waals surface area contributed by atoms with Crippen LogP contribution in [0.4, 0.5) is 0 Å². The number of halogens is 2. The molecule has 0 aliphatic rings. The largest absolute Gasteiger partial charge is 0.500 e. The Balaban J connectivity index is 4.73. The summed E-state index contributed by atoms with van der Waals surface area (Å²) in [5.74, 6) is -1.52. The van der Waals surface area contributed by atoms with Gasteiger partial charge in [0.1, 0.15) is 11.8 Å². The van der Waals surface area contributed by atoms with Crippen molar-refractivity contribution in [2.45, 2.75) is 18.7 Å². The van der Waals surface area contributed by atoms with Crippen LogP contribution in [0.1, 0.15) is 13.8 Å². The van der Waals surface area contributed by atoms with E-state index in [-0.39, 0.29) is 12.2 Å². The van der Waals surface area contributed by atoms with Gasteiger partial charge in [0.25, 0.3) is 0 Å². The van der Waals surface area contributed by atoms with E-state index in [4.69, 9.17) is 27.9 Å². The quantitative estimate of drug-likeness (QED) is 0.181. The Labute approximate surface area is 98.1 Å². The molecule has 0 saturated heterocycles. The summed E-state index contributed by atoms with van der Waals surface area (Å²) in [6.07, 6.45) is 1.01. The normalized spacial score (nSPS) is 11.4. The fourth-order valence-corrected chi connectivity index (χ4v) is 0.935. The second kappa shape index (κ2) is 7.54. The molecule has 0 aromatic carbocycles. The summed E-state index contributed by atoms with van der Waals surface area (Å²) in [5.41, 5.74) is -0.284. The monoisotopic (exact) mass is 254 g/mol. The molecule has 0 fully saturated rings. The maximum Gasteiger partial charge on any atom is 0.345 e. The molecule has 0 radical (unpaired) electrons. The standard InChI is InChI=1S/C9H12Cl2O4/c1-3-14-5-6(7(12)8(10)11)9(13)15-4-2/h5,8H,3-4H2,1-2H3. The SMILES string of the molecule is CCOC=C(C(=O)OCC)C(=O)C(Cl)Cl. The number of hydrogen-bond acceptors (Lipinski definition) is 4. The number of Topliss-reactive ketones (excluding diaryl/α,β-unsaturated/α-hetero) is 1. The zero-order valence-electron chi connectivity index (χ0n) is 8.46. The molecular formula is C9H12Cl2O4. The van der Waals surface area contributed by atoms with Gasteiger partial charge in [0, 0.05) is 0 Å². The zero-order chi connectivity index (χ0) is 11.8. The van der Waals surface area contributed by atoms with Crippen molar-refractivity contribution in [3.63, 3.8) is 0 Å². The Kier molecular flexibility index (Phi) is 7.17. The van der Waals surface area contributed by atoms with Crippen LogP contribution in [0.3, 0.4) is 0 Å². The maximum atomic E-state index is 11.4. The fraction of sp³-hybridized carbons (Fsp3) is 0.556. The molecule has 6 heteroatoms. The molecule has 0 saturated carbocycles. The Morgan fingerprint density at radius 1 is 1.27 bits per heavy atom. The van der Waals surface area contributed by atoms with Gasteiger partial charge in [-0.2, -0.15) is 0 Å². The van der Waals surface area contributed by atoms with E-state index in [1.807, 2.05) is 0 Å². The van der Waals surface area contributed by atoms with E-state index >= 15 is 0 Å². The lowest BCUT2D eigenvalue weighted by Gasteiger charge is -2.06. The number of ether oxygens (including phenoxy) is 2. The molecule has 0 bridgehead atoms. The van der Waals surface area contributed by atoms with E-state index in [2.05, 4.69) is 4.74 Å². The van der Waals surface area contributed by atoms with Gasteiger partial charge in [0.2, 0.25) is 5.78 Å². The highest BCUT2D eigenvalue weighted by atomic mass is 35.5. The van der Waals surface area contributed by atoms with Crippen LogP contribution in [0.25, 0.3) is 0 Å². The summed E-state index contributed by atoms with van der Waals surface area (Å²) in [6, 6.07) is 0. The third-order valence-corrected chi connectivity index (χ3v) is 1.72. The Hall–Kier alpha value is -0.740. The van der Waals surface area contributed by atoms with Crippen LogP contribution in [0.2, 0.25) is 0 Å². The molecule has 0 heterocycles. The van der Waals surface area contributed by atoms with Crippen LogP contribution in [0, 0.1) is 0 Å². The van der Waals surface area contributed by atoms with E-state index in [9.17, 15) is 9.59 Å². The number of esters is 1. The van der Waals surface area contributed by atoms with Crippen LogP contribution in [0.15, 0.2) is 11.8 Å². The Morgan fingerprint density at radius 2 is 1.87 bits per heavy atom. The summed E-state index contributed by atoms with van der Waals surface area (Å²) < 4.78 is 9.48. The second-order valence-corrected chi connectivity index (χ2v) is 3.47. The van der Waals surface area contributed by atoms with Crippen molar-refractivity contribution in [3.05, 3.63) is 11.8 Å². The van der Waals surface area contributed by atoms with Crippen molar-refractivity contribution in [2.75, 3.05) is 13.2 Å². The van der Waals surface area contributed by atoms with Crippen LogP contribution >= 0.6 is 23.2 Å². The minimum atomic E-state index is -1.30. The lowest BCUT2D eigenvalue weighted by molar-refractivity contribution is -0.140. The van der Waals surface area contributed by atoms with E-state index in [1.54, 1.807) is 13.8 Å². The first-order valence-electron chi connectivity index (χ1n) is 4.35. The van der Waals surface area contributed by atoms with Crippen molar-refractivity contribution < 1.29 is 19.1 Å². The van der Waals surface area contributed by atoms with Gasteiger partial charge < -0.3 is 9.47 Å². The number of hydrogen-bond donors (Lipinski definition) is 0. The molecule has 0 N–H and O–H groups in total. The zero-order valence-corrected chi connectivity index (χ0v) is 9.97. The van der Waals surface area contributed by atoms with Gasteiger partial charge in [-0.25, -0.2) is 4.79 Å². The van der Waals surface area contributed by atoms with Crippen molar-refractivity contribution >= 4 is 35.0 Å². The highest BCUT2D eigenvalue weighted by molar-refractivity contribution is 6.56. The number of ketones is 1. The topological polar surface area (TPSA) is 52.6 Å². The summed E-state index contributed by atoms with van der Waals surface area (Å²) in [6.45, 7) is 3.82. The highest BCUT2D eigenvalue weighted by Crippen LogP contribution is 2.12. The lowest BCUT2D eigenvalue weighted by Crippen LogP contribution is -2.20. The van der Waals surface area contributed by atoms with E-state index in [0.717, 1.165) is 6.26 Å². The first-order valence-corrected chi connectivity index (χ1v) is 5.23. The molecule has 0 unspecified atom stereocenters. The lowest BCUT2D eigenvalue weighted by atomic mass is 10.2. The van der Waals surface area contributed by atoms with Gasteiger partial charge in [-0.05, 0) is 13.8 Å². The molecule has 4 nitrogen and oxygen atoms in total. The second-order valence-electron chi connectivity index (χ2n) is 2.37. The minimum Gasteiger partial charge on any atom is -0.500 e. The predicted octanol–water partition coefficient (Wildman–Crippen LogP) is 1.84. The van der Waals surface area contributed by atoms with Gasteiger partial charge in [-0.1, -0.05) is 23.2 Å². The van der Waals surface area contributed by atoms with E-state index in [0.29, 0.717) is 6.61 Å². The third kappa shape index (κ3) is 5.04. The molecule has 0 aromatic heterocycles. The minimum absolute atomic E-state index is 0.158. The number of rotatable bonds is 6. The third-order valence-electron chi connectivity index (χ3n) is 1.33. The number of alkyl halides is 2. The molecule has 0 spiro atoms. The highest BCUT2D eigenvalue weighted by Gasteiger charge is 2.25. The van der Waals surface area contributed by atoms with Crippen LogP contribution in [0.5, 0.6) is 0 Å². The average molecular weight is 255 g/mol. The maximum absolute atomic E-state index is 11.4. The summed E-state index contributed by atoms with van der Waals surface area (Å²) in [4.78, 5) is 21.3. The van der Waals surface area contributed by atoms with Crippen LogP contribution < -0.4 is 0 Å². The first-order chi connectivity index (χ1) is 7.04. The molecule has 0 aliphatic heterocycles. The summed E-state index contributed by atoms with van der Waals surface area (Å²) >= 11 is 10.7. The molecule has 0 aliphatic carbocycles. The Morgan fingerprint density at radius 3 is 2.27 bits per heavy atom. The molecular weight excluding hydrogens is 243 g/mol. The van der Waals surface area contributed by atoms with E-state index < -0.39 is 16.6 Å². The molecule has 0 aromatic rings. The van der Waals surface area contributed by atoms with Gasteiger partial charge in [-0.15, -0.1) is 0 Å². The summed E-state index contributed by atoms with van der Waals surface area (Å²) in [7, 11) is 0.